The Balaban J connectivity index is 1.87. The largest absolute Gasteiger partial charge is 0.474 e. The zero-order chi connectivity index (χ0) is 9.80. The maximum absolute atomic E-state index is 9.31. The van der Waals surface area contributed by atoms with Crippen molar-refractivity contribution < 1.29 is 9.84 Å². The average molecular weight is 194 g/mol. The number of aromatic nitrogens is 2. The summed E-state index contributed by atoms with van der Waals surface area (Å²) in [7, 11) is 0. The van der Waals surface area contributed by atoms with Crippen LogP contribution in [0.3, 0.4) is 0 Å². The van der Waals surface area contributed by atoms with E-state index in [4.69, 9.17) is 4.74 Å². The Hall–Kier alpha value is -1.16. The molecule has 0 spiro atoms. The average Bonchev–Trinajstić information content (AvgIpc) is 2.23. The summed E-state index contributed by atoms with van der Waals surface area (Å²) < 4.78 is 5.64. The first-order chi connectivity index (χ1) is 6.84. The molecule has 1 N–H and O–H groups in total. The fourth-order valence-electron chi connectivity index (χ4n) is 1.68. The Kier molecular flexibility index (Phi) is 2.93. The molecule has 1 aromatic heterocycles. The number of nitrogens with zero attached hydrogens (tertiary/aromatic N) is 2. The van der Waals surface area contributed by atoms with E-state index in [0.29, 0.717) is 5.88 Å². The van der Waals surface area contributed by atoms with Crippen molar-refractivity contribution in [3.05, 3.63) is 18.6 Å². The van der Waals surface area contributed by atoms with Crippen LogP contribution in [-0.4, -0.2) is 27.3 Å². The lowest BCUT2D eigenvalue weighted by Crippen LogP contribution is -2.26. The number of ether oxygens (including phenoxy) is 1. The zero-order valence-corrected chi connectivity index (χ0v) is 7.97. The number of hydrogen-bond acceptors (Lipinski definition) is 4. The van der Waals surface area contributed by atoms with E-state index in [2.05, 4.69) is 9.97 Å². The molecule has 1 aliphatic carbocycles. The zero-order valence-electron chi connectivity index (χ0n) is 7.97. The molecule has 1 saturated carbocycles. The standard InChI is InChI=1S/C10H14N2O2/c13-8-1-3-9(4-2-8)14-10-5-6-11-7-12-10/h5-9,13H,1-4H2. The predicted molar refractivity (Wildman–Crippen MR) is 50.9 cm³/mol. The number of aliphatic hydroxyl groups excluding tert-OH is 1. The van der Waals surface area contributed by atoms with Crippen LogP contribution < -0.4 is 4.74 Å². The molecule has 0 unspecified atom stereocenters. The molecule has 0 aliphatic heterocycles. The summed E-state index contributed by atoms with van der Waals surface area (Å²) in [5.74, 6) is 0.626. The minimum Gasteiger partial charge on any atom is -0.474 e. The van der Waals surface area contributed by atoms with Crippen molar-refractivity contribution in [3.8, 4) is 5.88 Å². The van der Waals surface area contributed by atoms with E-state index in [1.165, 1.54) is 6.33 Å². The van der Waals surface area contributed by atoms with Gasteiger partial charge in [0.25, 0.3) is 0 Å². The van der Waals surface area contributed by atoms with E-state index in [1.807, 2.05) is 0 Å². The van der Waals surface area contributed by atoms with Gasteiger partial charge in [0.1, 0.15) is 12.4 Å². The summed E-state index contributed by atoms with van der Waals surface area (Å²) >= 11 is 0. The third-order valence-corrected chi connectivity index (χ3v) is 2.49. The molecule has 1 aliphatic rings. The van der Waals surface area contributed by atoms with Crippen molar-refractivity contribution in [2.45, 2.75) is 37.9 Å². The molecule has 0 saturated heterocycles. The molecular formula is C10H14N2O2. The third kappa shape index (κ3) is 2.42. The van der Waals surface area contributed by atoms with Gasteiger partial charge in [-0.1, -0.05) is 0 Å². The molecule has 4 heteroatoms. The van der Waals surface area contributed by atoms with Crippen LogP contribution in [0.2, 0.25) is 0 Å². The fourth-order valence-corrected chi connectivity index (χ4v) is 1.68. The van der Waals surface area contributed by atoms with Crippen LogP contribution in [0.5, 0.6) is 5.88 Å². The first-order valence-corrected chi connectivity index (χ1v) is 4.95. The van der Waals surface area contributed by atoms with Crippen LogP contribution in [-0.2, 0) is 0 Å². The Morgan fingerprint density at radius 1 is 1.29 bits per heavy atom. The molecule has 1 heterocycles. The summed E-state index contributed by atoms with van der Waals surface area (Å²) in [6, 6.07) is 1.75. The van der Waals surface area contributed by atoms with Gasteiger partial charge in [0.15, 0.2) is 0 Å². The maximum Gasteiger partial charge on any atom is 0.216 e. The van der Waals surface area contributed by atoms with E-state index < -0.39 is 0 Å². The summed E-state index contributed by atoms with van der Waals surface area (Å²) in [6.07, 6.45) is 6.68. The summed E-state index contributed by atoms with van der Waals surface area (Å²) in [6.45, 7) is 0. The minimum absolute atomic E-state index is 0.139. The molecule has 0 amide bonds. The van der Waals surface area contributed by atoms with E-state index in [9.17, 15) is 5.11 Å². The van der Waals surface area contributed by atoms with Crippen LogP contribution >= 0.6 is 0 Å². The monoisotopic (exact) mass is 194 g/mol. The van der Waals surface area contributed by atoms with Gasteiger partial charge in [-0.2, -0.15) is 0 Å². The molecule has 0 aromatic carbocycles. The molecule has 76 valence electrons. The van der Waals surface area contributed by atoms with Gasteiger partial charge < -0.3 is 9.84 Å². The second-order valence-electron chi connectivity index (χ2n) is 3.60. The summed E-state index contributed by atoms with van der Waals surface area (Å²) in [5.41, 5.74) is 0. The minimum atomic E-state index is -0.139. The van der Waals surface area contributed by atoms with Gasteiger partial charge in [0.2, 0.25) is 5.88 Å². The Bertz CT molecular complexity index is 271. The van der Waals surface area contributed by atoms with Crippen LogP contribution in [0.4, 0.5) is 0 Å². The van der Waals surface area contributed by atoms with Crippen molar-refractivity contribution in [2.24, 2.45) is 0 Å². The molecule has 2 rings (SSSR count). The molecule has 0 radical (unpaired) electrons. The van der Waals surface area contributed by atoms with Gasteiger partial charge in [-0.05, 0) is 25.7 Å². The number of aliphatic hydroxyl groups is 1. The smallest absolute Gasteiger partial charge is 0.216 e. The lowest BCUT2D eigenvalue weighted by Gasteiger charge is -2.25. The highest BCUT2D eigenvalue weighted by molar-refractivity contribution is 5.05. The second-order valence-corrected chi connectivity index (χ2v) is 3.60. The van der Waals surface area contributed by atoms with Crippen LogP contribution in [0, 0.1) is 0 Å². The first-order valence-electron chi connectivity index (χ1n) is 4.95. The van der Waals surface area contributed by atoms with Crippen molar-refractivity contribution >= 4 is 0 Å². The van der Waals surface area contributed by atoms with Crippen molar-refractivity contribution in [3.63, 3.8) is 0 Å². The fraction of sp³-hybridized carbons (Fsp3) is 0.600. The molecule has 1 fully saturated rings. The molecule has 0 bridgehead atoms. The van der Waals surface area contributed by atoms with Gasteiger partial charge in [-0.3, -0.25) is 0 Å². The Morgan fingerprint density at radius 3 is 2.71 bits per heavy atom. The van der Waals surface area contributed by atoms with E-state index in [1.54, 1.807) is 12.3 Å². The van der Waals surface area contributed by atoms with Crippen molar-refractivity contribution in [2.75, 3.05) is 0 Å². The summed E-state index contributed by atoms with van der Waals surface area (Å²) in [4.78, 5) is 7.82. The first kappa shape index (κ1) is 9.40. The highest BCUT2D eigenvalue weighted by Gasteiger charge is 2.20. The third-order valence-electron chi connectivity index (χ3n) is 2.49. The van der Waals surface area contributed by atoms with Crippen LogP contribution in [0.15, 0.2) is 18.6 Å². The van der Waals surface area contributed by atoms with Gasteiger partial charge in [0.05, 0.1) is 6.10 Å². The topological polar surface area (TPSA) is 55.2 Å². The normalized spacial score (nSPS) is 27.2. The predicted octanol–water partition coefficient (Wildman–Crippen LogP) is 1.16. The molecule has 14 heavy (non-hydrogen) atoms. The van der Waals surface area contributed by atoms with Crippen LogP contribution in [0.1, 0.15) is 25.7 Å². The quantitative estimate of drug-likeness (QED) is 0.767. The molecule has 0 atom stereocenters. The molecule has 4 nitrogen and oxygen atoms in total. The van der Waals surface area contributed by atoms with Gasteiger partial charge in [-0.25, -0.2) is 9.97 Å². The van der Waals surface area contributed by atoms with Crippen molar-refractivity contribution in [1.29, 1.82) is 0 Å². The lowest BCUT2D eigenvalue weighted by molar-refractivity contribution is 0.0643. The van der Waals surface area contributed by atoms with E-state index in [0.717, 1.165) is 25.7 Å². The molecule has 1 aromatic rings. The number of rotatable bonds is 2. The summed E-state index contributed by atoms with van der Waals surface area (Å²) in [5, 5.41) is 9.31. The maximum atomic E-state index is 9.31. The van der Waals surface area contributed by atoms with E-state index >= 15 is 0 Å². The SMILES string of the molecule is OC1CCC(Oc2ccncn2)CC1. The lowest BCUT2D eigenvalue weighted by atomic mass is 9.95. The van der Waals surface area contributed by atoms with Gasteiger partial charge >= 0.3 is 0 Å². The van der Waals surface area contributed by atoms with Gasteiger partial charge in [-0.15, -0.1) is 0 Å². The highest BCUT2D eigenvalue weighted by Crippen LogP contribution is 2.22. The Morgan fingerprint density at radius 2 is 2.07 bits per heavy atom. The van der Waals surface area contributed by atoms with Gasteiger partial charge in [0, 0.05) is 12.3 Å². The Labute approximate surface area is 83.0 Å². The second kappa shape index (κ2) is 4.37. The van der Waals surface area contributed by atoms with Crippen LogP contribution in [0.25, 0.3) is 0 Å². The highest BCUT2D eigenvalue weighted by atomic mass is 16.5. The van der Waals surface area contributed by atoms with E-state index in [-0.39, 0.29) is 12.2 Å². The molecular weight excluding hydrogens is 180 g/mol. The number of hydrogen-bond donors (Lipinski definition) is 1. The van der Waals surface area contributed by atoms with Crippen molar-refractivity contribution in [1.82, 2.24) is 9.97 Å².